The number of rotatable bonds is 4. The van der Waals surface area contributed by atoms with Gasteiger partial charge in [-0.25, -0.2) is 0 Å². The average molecular weight is 286 g/mol. The number of hydrogen-bond acceptors (Lipinski definition) is 5. The van der Waals surface area contributed by atoms with Gasteiger partial charge in [0.15, 0.2) is 0 Å². The second kappa shape index (κ2) is 5.81. The van der Waals surface area contributed by atoms with Crippen LogP contribution >= 0.6 is 0 Å². The first-order valence-electron chi connectivity index (χ1n) is 6.12. The van der Waals surface area contributed by atoms with E-state index in [9.17, 15) is 8.42 Å². The van der Waals surface area contributed by atoms with Crippen molar-refractivity contribution in [2.45, 2.75) is 18.9 Å². The third kappa shape index (κ3) is 3.40. The highest BCUT2D eigenvalue weighted by atomic mass is 32.2. The molecule has 0 atom stereocenters. The number of nitrogens with zero attached hydrogens (tertiary/aromatic N) is 4. The van der Waals surface area contributed by atoms with Crippen LogP contribution in [0.4, 0.5) is 0 Å². The molecule has 1 aliphatic rings. The predicted octanol–water partition coefficient (Wildman–Crippen LogP) is 0.126. The molecule has 1 aromatic rings. The molecule has 0 spiro atoms. The first-order valence-corrected chi connectivity index (χ1v) is 7.52. The van der Waals surface area contributed by atoms with E-state index >= 15 is 0 Å². The van der Waals surface area contributed by atoms with Crippen LogP contribution in [0, 0.1) is 0 Å². The lowest BCUT2D eigenvalue weighted by atomic mass is 10.1. The minimum atomic E-state index is -3.31. The van der Waals surface area contributed by atoms with Crippen molar-refractivity contribution in [2.24, 2.45) is 0 Å². The third-order valence-electron chi connectivity index (χ3n) is 3.02. The molecule has 0 unspecified atom stereocenters. The fraction of sp³-hybridized carbons (Fsp3) is 0.636. The lowest BCUT2D eigenvalue weighted by molar-refractivity contribution is 0.126. The molecule has 0 bridgehead atoms. The van der Waals surface area contributed by atoms with E-state index < -0.39 is 10.2 Å². The van der Waals surface area contributed by atoms with Gasteiger partial charge < -0.3 is 4.74 Å². The van der Waals surface area contributed by atoms with Crippen LogP contribution in [0.25, 0.3) is 0 Å². The van der Waals surface area contributed by atoms with E-state index in [1.807, 2.05) is 0 Å². The largest absolute Gasteiger partial charge is 0.473 e. The molecule has 0 aliphatic carbocycles. The maximum Gasteiger partial charge on any atom is 0.281 e. The van der Waals surface area contributed by atoms with E-state index in [0.717, 1.165) is 0 Å². The Morgan fingerprint density at radius 1 is 1.37 bits per heavy atom. The van der Waals surface area contributed by atoms with Gasteiger partial charge in [-0.1, -0.05) is 0 Å². The van der Waals surface area contributed by atoms with Crippen LogP contribution in [-0.4, -0.2) is 60.5 Å². The molecule has 0 N–H and O–H groups in total. The zero-order chi connectivity index (χ0) is 13.9. The van der Waals surface area contributed by atoms with Crippen molar-refractivity contribution >= 4 is 10.2 Å². The monoisotopic (exact) mass is 286 g/mol. The molecule has 19 heavy (non-hydrogen) atoms. The highest BCUT2D eigenvalue weighted by molar-refractivity contribution is 7.86. The van der Waals surface area contributed by atoms with Crippen molar-refractivity contribution in [3.05, 3.63) is 18.3 Å². The Kier molecular flexibility index (Phi) is 4.33. The Labute approximate surface area is 113 Å². The molecule has 1 aliphatic heterocycles. The van der Waals surface area contributed by atoms with Crippen LogP contribution in [0.3, 0.4) is 0 Å². The fourth-order valence-corrected chi connectivity index (χ4v) is 3.07. The van der Waals surface area contributed by atoms with E-state index in [4.69, 9.17) is 4.74 Å². The van der Waals surface area contributed by atoms with E-state index in [1.165, 1.54) is 22.7 Å². The summed E-state index contributed by atoms with van der Waals surface area (Å²) in [5, 5.41) is 7.60. The molecule has 0 radical (unpaired) electrons. The Balaban J connectivity index is 1.90. The van der Waals surface area contributed by atoms with Crippen molar-refractivity contribution in [1.29, 1.82) is 0 Å². The summed E-state index contributed by atoms with van der Waals surface area (Å²) >= 11 is 0. The summed E-state index contributed by atoms with van der Waals surface area (Å²) in [6.07, 6.45) is 2.89. The van der Waals surface area contributed by atoms with Gasteiger partial charge in [0, 0.05) is 39.4 Å². The molecule has 0 saturated carbocycles. The molecule has 0 aromatic carbocycles. The third-order valence-corrected chi connectivity index (χ3v) is 4.96. The first kappa shape index (κ1) is 14.2. The van der Waals surface area contributed by atoms with Crippen LogP contribution < -0.4 is 4.74 Å². The zero-order valence-corrected chi connectivity index (χ0v) is 11.9. The second-order valence-corrected chi connectivity index (χ2v) is 6.71. The average Bonchev–Trinajstić information content (AvgIpc) is 2.40. The fourth-order valence-electron chi connectivity index (χ4n) is 1.93. The summed E-state index contributed by atoms with van der Waals surface area (Å²) in [6.45, 7) is 0.927. The quantitative estimate of drug-likeness (QED) is 0.786. The SMILES string of the molecule is CN(C)S(=O)(=O)N1CCC(Oc2cccnn2)CC1. The van der Waals surface area contributed by atoms with Crippen LogP contribution in [0.1, 0.15) is 12.8 Å². The lowest BCUT2D eigenvalue weighted by Crippen LogP contribution is -2.46. The Morgan fingerprint density at radius 2 is 2.05 bits per heavy atom. The molecule has 1 saturated heterocycles. The highest BCUT2D eigenvalue weighted by Gasteiger charge is 2.30. The number of ether oxygens (including phenoxy) is 1. The van der Waals surface area contributed by atoms with E-state index in [1.54, 1.807) is 18.3 Å². The van der Waals surface area contributed by atoms with Gasteiger partial charge in [0.25, 0.3) is 10.2 Å². The minimum Gasteiger partial charge on any atom is -0.473 e. The number of hydrogen-bond donors (Lipinski definition) is 0. The summed E-state index contributed by atoms with van der Waals surface area (Å²) in [5.41, 5.74) is 0. The van der Waals surface area contributed by atoms with Crippen molar-refractivity contribution in [1.82, 2.24) is 18.8 Å². The molecular formula is C11H18N4O3S. The Morgan fingerprint density at radius 3 is 2.58 bits per heavy atom. The Hall–Kier alpha value is -1.25. The normalized spacial score (nSPS) is 18.7. The van der Waals surface area contributed by atoms with Gasteiger partial charge in [-0.2, -0.15) is 22.1 Å². The van der Waals surface area contributed by atoms with E-state index in [0.29, 0.717) is 31.8 Å². The van der Waals surface area contributed by atoms with E-state index in [2.05, 4.69) is 10.2 Å². The molecule has 7 nitrogen and oxygen atoms in total. The standard InChI is InChI=1S/C11H18N4O3S/c1-14(2)19(16,17)15-8-5-10(6-9-15)18-11-4-3-7-12-13-11/h3-4,7,10H,5-6,8-9H2,1-2H3. The second-order valence-electron chi connectivity index (χ2n) is 4.57. The van der Waals surface area contributed by atoms with Gasteiger partial charge >= 0.3 is 0 Å². The van der Waals surface area contributed by atoms with Crippen LogP contribution in [-0.2, 0) is 10.2 Å². The first-order chi connectivity index (χ1) is 9.00. The molecule has 0 amide bonds. The smallest absolute Gasteiger partial charge is 0.281 e. The molecule has 106 valence electrons. The van der Waals surface area contributed by atoms with E-state index in [-0.39, 0.29) is 6.10 Å². The summed E-state index contributed by atoms with van der Waals surface area (Å²) in [5.74, 6) is 0.483. The zero-order valence-electron chi connectivity index (χ0n) is 11.1. The van der Waals surface area contributed by atoms with Crippen molar-refractivity contribution in [2.75, 3.05) is 27.2 Å². The van der Waals surface area contributed by atoms with Gasteiger partial charge in [-0.05, 0) is 18.9 Å². The molecule has 1 fully saturated rings. The molecule has 2 heterocycles. The summed E-state index contributed by atoms with van der Waals surface area (Å²) in [4.78, 5) is 0. The van der Waals surface area contributed by atoms with Gasteiger partial charge in [0.1, 0.15) is 6.10 Å². The van der Waals surface area contributed by atoms with Gasteiger partial charge in [-0.3, -0.25) is 0 Å². The van der Waals surface area contributed by atoms with Gasteiger partial charge in [-0.15, -0.1) is 5.10 Å². The molecule has 2 rings (SSSR count). The summed E-state index contributed by atoms with van der Waals surface area (Å²) < 4.78 is 32.3. The molecular weight excluding hydrogens is 268 g/mol. The summed E-state index contributed by atoms with van der Waals surface area (Å²) in [7, 11) is -0.235. The maximum atomic E-state index is 11.9. The van der Waals surface area contributed by atoms with Gasteiger partial charge in [0.05, 0.1) is 0 Å². The lowest BCUT2D eigenvalue weighted by Gasteiger charge is -2.32. The van der Waals surface area contributed by atoms with Crippen LogP contribution in [0.15, 0.2) is 18.3 Å². The maximum absolute atomic E-state index is 11.9. The topological polar surface area (TPSA) is 75.6 Å². The van der Waals surface area contributed by atoms with Crippen LogP contribution in [0.5, 0.6) is 5.88 Å². The molecule has 1 aromatic heterocycles. The number of aromatic nitrogens is 2. The molecule has 8 heteroatoms. The van der Waals surface area contributed by atoms with Crippen molar-refractivity contribution < 1.29 is 13.2 Å². The highest BCUT2D eigenvalue weighted by Crippen LogP contribution is 2.19. The summed E-state index contributed by atoms with van der Waals surface area (Å²) in [6, 6.07) is 3.50. The van der Waals surface area contributed by atoms with Crippen molar-refractivity contribution in [3.8, 4) is 5.88 Å². The number of piperidine rings is 1. The predicted molar refractivity (Wildman–Crippen MR) is 69.9 cm³/mol. The van der Waals surface area contributed by atoms with Gasteiger partial charge in [0.2, 0.25) is 5.88 Å². The minimum absolute atomic E-state index is 0.00897. The van der Waals surface area contributed by atoms with Crippen molar-refractivity contribution in [3.63, 3.8) is 0 Å². The van der Waals surface area contributed by atoms with Crippen LogP contribution in [0.2, 0.25) is 0 Å². The Bertz CT molecular complexity index is 498.